The summed E-state index contributed by atoms with van der Waals surface area (Å²) in [5.41, 5.74) is 10.9. The molecule has 1 aromatic heterocycles. The van der Waals surface area contributed by atoms with Gasteiger partial charge < -0.3 is 26.8 Å². The minimum absolute atomic E-state index is 0.101. The highest BCUT2D eigenvalue weighted by Gasteiger charge is 2.16. The molecule has 1 heterocycles. The van der Waals surface area contributed by atoms with Crippen LogP contribution in [0.2, 0.25) is 0 Å². The second-order valence-corrected chi connectivity index (χ2v) is 4.43. The number of methoxy groups -OCH3 is 1. The van der Waals surface area contributed by atoms with Gasteiger partial charge in [-0.15, -0.1) is 0 Å². The Bertz CT molecular complexity index is 448. The molecule has 6 N–H and O–H groups in total. The maximum Gasteiger partial charge on any atom is 0.255 e. The highest BCUT2D eigenvalue weighted by Crippen LogP contribution is 2.25. The van der Waals surface area contributed by atoms with E-state index in [1.54, 1.807) is 7.11 Å². The summed E-state index contributed by atoms with van der Waals surface area (Å²) in [7, 11) is 1.56. The summed E-state index contributed by atoms with van der Waals surface area (Å²) in [4.78, 5) is 22.5. The number of carbonyl (C=O) groups is 2. The zero-order chi connectivity index (χ0) is 14.3. The van der Waals surface area contributed by atoms with Gasteiger partial charge in [-0.25, -0.2) is 0 Å². The van der Waals surface area contributed by atoms with E-state index in [0.717, 1.165) is 11.5 Å². The second-order valence-electron chi connectivity index (χ2n) is 3.66. The summed E-state index contributed by atoms with van der Waals surface area (Å²) in [6.07, 6.45) is 0.264. The fourth-order valence-corrected chi connectivity index (χ4v) is 2.08. The summed E-state index contributed by atoms with van der Waals surface area (Å²) in [5, 5.41) is 6.08. The number of ether oxygens (including phenoxy) is 1. The van der Waals surface area contributed by atoms with Gasteiger partial charge in [0.25, 0.3) is 5.91 Å². The number of carbonyl (C=O) groups excluding carboxylic acids is 2. The molecule has 0 bridgehead atoms. The van der Waals surface area contributed by atoms with Crippen molar-refractivity contribution in [2.45, 2.75) is 6.42 Å². The van der Waals surface area contributed by atoms with Crippen LogP contribution in [0.3, 0.4) is 0 Å². The predicted octanol–water partition coefficient (Wildman–Crippen LogP) is -0.611. The van der Waals surface area contributed by atoms with Crippen LogP contribution >= 0.6 is 11.5 Å². The van der Waals surface area contributed by atoms with E-state index in [2.05, 4.69) is 15.0 Å². The molecule has 0 aliphatic carbocycles. The molecule has 1 rings (SSSR count). The number of hydrogen-bond donors (Lipinski definition) is 4. The average molecular weight is 287 g/mol. The van der Waals surface area contributed by atoms with Crippen LogP contribution in [-0.2, 0) is 9.53 Å². The molecule has 0 saturated heterocycles. The van der Waals surface area contributed by atoms with Crippen molar-refractivity contribution in [3.8, 4) is 0 Å². The van der Waals surface area contributed by atoms with Gasteiger partial charge in [-0.2, -0.15) is 4.37 Å². The van der Waals surface area contributed by atoms with Crippen molar-refractivity contribution in [1.82, 2.24) is 9.69 Å². The molecule has 0 saturated carbocycles. The number of aromatic nitrogens is 1. The van der Waals surface area contributed by atoms with Crippen molar-refractivity contribution in [2.75, 3.05) is 37.9 Å². The van der Waals surface area contributed by atoms with Gasteiger partial charge in [0.15, 0.2) is 5.82 Å². The molecule has 19 heavy (non-hydrogen) atoms. The maximum atomic E-state index is 11.4. The van der Waals surface area contributed by atoms with Crippen LogP contribution in [0, 0.1) is 0 Å². The standard InChI is InChI=1S/C10H17N5O3S/c1-18-5-4-13-6(16)2-3-14-10-7(9(12)17)8(11)15-19-10/h14H,2-5H2,1H3,(H2,11,15)(H2,12,17)(H,13,16). The normalized spacial score (nSPS) is 10.2. The lowest BCUT2D eigenvalue weighted by Gasteiger charge is -2.06. The fourth-order valence-electron chi connectivity index (χ4n) is 1.33. The Balaban J connectivity index is 2.37. The van der Waals surface area contributed by atoms with Crippen LogP contribution in [0.5, 0.6) is 0 Å². The Kier molecular flexibility index (Phi) is 6.03. The minimum atomic E-state index is -0.640. The summed E-state index contributed by atoms with van der Waals surface area (Å²) in [5.74, 6) is -0.648. The molecule has 0 aliphatic heterocycles. The van der Waals surface area contributed by atoms with Gasteiger partial charge >= 0.3 is 0 Å². The van der Waals surface area contributed by atoms with Gasteiger partial charge in [0, 0.05) is 26.6 Å². The van der Waals surface area contributed by atoms with Crippen LogP contribution < -0.4 is 22.1 Å². The summed E-state index contributed by atoms with van der Waals surface area (Å²) in [6, 6.07) is 0. The highest BCUT2D eigenvalue weighted by atomic mass is 32.1. The number of primary amides is 1. The van der Waals surface area contributed by atoms with Crippen LogP contribution in [0.4, 0.5) is 10.8 Å². The Hall–Kier alpha value is -1.87. The van der Waals surface area contributed by atoms with E-state index in [9.17, 15) is 9.59 Å². The van der Waals surface area contributed by atoms with Crippen molar-refractivity contribution in [3.63, 3.8) is 0 Å². The topological polar surface area (TPSA) is 132 Å². The minimum Gasteiger partial charge on any atom is -0.383 e. The summed E-state index contributed by atoms with van der Waals surface area (Å²) >= 11 is 1.04. The molecule has 0 aliphatic rings. The predicted molar refractivity (Wildman–Crippen MR) is 73.0 cm³/mol. The zero-order valence-corrected chi connectivity index (χ0v) is 11.4. The van der Waals surface area contributed by atoms with Crippen molar-refractivity contribution >= 4 is 34.2 Å². The van der Waals surface area contributed by atoms with Crippen LogP contribution in [0.25, 0.3) is 0 Å². The van der Waals surface area contributed by atoms with Crippen LogP contribution in [0.15, 0.2) is 0 Å². The smallest absolute Gasteiger partial charge is 0.255 e. The Labute approximate surface area is 114 Å². The van der Waals surface area contributed by atoms with E-state index in [1.165, 1.54) is 0 Å². The molecule has 8 nitrogen and oxygen atoms in total. The monoisotopic (exact) mass is 287 g/mol. The molecule has 106 valence electrons. The van der Waals surface area contributed by atoms with Crippen molar-refractivity contribution in [3.05, 3.63) is 5.56 Å². The van der Waals surface area contributed by atoms with Crippen molar-refractivity contribution in [2.24, 2.45) is 5.73 Å². The molecule has 0 radical (unpaired) electrons. The van der Waals surface area contributed by atoms with Gasteiger partial charge in [0.2, 0.25) is 5.91 Å². The molecule has 0 spiro atoms. The number of nitrogens with two attached hydrogens (primary N) is 2. The van der Waals surface area contributed by atoms with Crippen LogP contribution in [0.1, 0.15) is 16.8 Å². The van der Waals surface area contributed by atoms with Crippen molar-refractivity contribution < 1.29 is 14.3 Å². The third-order valence-electron chi connectivity index (χ3n) is 2.23. The number of nitrogens with one attached hydrogen (secondary N) is 2. The SMILES string of the molecule is COCCNC(=O)CCNc1snc(N)c1C(N)=O. The van der Waals surface area contributed by atoms with Crippen LogP contribution in [-0.4, -0.2) is 43.0 Å². The molecule has 0 aromatic carbocycles. The number of rotatable bonds is 8. The second kappa shape index (κ2) is 7.54. The first-order chi connectivity index (χ1) is 9.06. The summed E-state index contributed by atoms with van der Waals surface area (Å²) in [6.45, 7) is 1.30. The summed E-state index contributed by atoms with van der Waals surface area (Å²) < 4.78 is 8.64. The lowest BCUT2D eigenvalue weighted by molar-refractivity contribution is -0.121. The molecular weight excluding hydrogens is 270 g/mol. The Morgan fingerprint density at radius 1 is 1.42 bits per heavy atom. The van der Waals surface area contributed by atoms with Gasteiger partial charge in [0.1, 0.15) is 10.6 Å². The first kappa shape index (κ1) is 15.2. The first-order valence-corrected chi connectivity index (χ1v) is 6.38. The van der Waals surface area contributed by atoms with Gasteiger partial charge in [0.05, 0.1) is 6.61 Å². The number of nitrogens with zero attached hydrogens (tertiary/aromatic N) is 1. The molecule has 2 amide bonds. The Morgan fingerprint density at radius 3 is 2.79 bits per heavy atom. The molecular formula is C10H17N5O3S. The van der Waals surface area contributed by atoms with Gasteiger partial charge in [-0.05, 0) is 11.5 Å². The third kappa shape index (κ3) is 4.72. The quantitative estimate of drug-likeness (QED) is 0.471. The zero-order valence-electron chi connectivity index (χ0n) is 10.6. The number of anilines is 2. The number of nitrogen functional groups attached to an aromatic ring is 1. The molecule has 0 fully saturated rings. The number of amides is 2. The maximum absolute atomic E-state index is 11.4. The molecule has 1 aromatic rings. The Morgan fingerprint density at radius 2 is 2.16 bits per heavy atom. The molecule has 9 heteroatoms. The lowest BCUT2D eigenvalue weighted by atomic mass is 10.3. The van der Waals surface area contributed by atoms with Gasteiger partial charge in [-0.1, -0.05) is 0 Å². The number of hydrogen-bond acceptors (Lipinski definition) is 7. The lowest BCUT2D eigenvalue weighted by Crippen LogP contribution is -2.28. The molecule has 0 atom stereocenters. The van der Waals surface area contributed by atoms with E-state index in [0.29, 0.717) is 24.7 Å². The third-order valence-corrected chi connectivity index (χ3v) is 3.05. The van der Waals surface area contributed by atoms with E-state index in [-0.39, 0.29) is 23.7 Å². The van der Waals surface area contributed by atoms with E-state index in [1.807, 2.05) is 0 Å². The van der Waals surface area contributed by atoms with E-state index >= 15 is 0 Å². The van der Waals surface area contributed by atoms with Crippen molar-refractivity contribution in [1.29, 1.82) is 0 Å². The fraction of sp³-hybridized carbons (Fsp3) is 0.500. The van der Waals surface area contributed by atoms with E-state index < -0.39 is 5.91 Å². The largest absolute Gasteiger partial charge is 0.383 e. The van der Waals surface area contributed by atoms with Gasteiger partial charge in [-0.3, -0.25) is 9.59 Å². The van der Waals surface area contributed by atoms with E-state index in [4.69, 9.17) is 16.2 Å². The molecule has 0 unspecified atom stereocenters. The first-order valence-electron chi connectivity index (χ1n) is 5.60. The average Bonchev–Trinajstić information content (AvgIpc) is 2.71. The highest BCUT2D eigenvalue weighted by molar-refractivity contribution is 7.11.